The van der Waals surface area contributed by atoms with Gasteiger partial charge in [0, 0.05) is 11.9 Å². The minimum Gasteiger partial charge on any atom is -0.363 e. The number of aromatic amines is 1. The van der Waals surface area contributed by atoms with Gasteiger partial charge < -0.3 is 10.7 Å². The van der Waals surface area contributed by atoms with Crippen molar-refractivity contribution in [2.75, 3.05) is 0 Å². The molecule has 1 atom stereocenters. The van der Waals surface area contributed by atoms with Crippen LogP contribution < -0.4 is 5.73 Å². The van der Waals surface area contributed by atoms with Crippen molar-refractivity contribution < 1.29 is 0 Å². The topological polar surface area (TPSA) is 41.8 Å². The summed E-state index contributed by atoms with van der Waals surface area (Å²) < 4.78 is 0.775. The van der Waals surface area contributed by atoms with Crippen LogP contribution in [0.5, 0.6) is 0 Å². The standard InChI is InChI=1S/C9H9ClN2S/c10-8-4-6(5-13-8)9(11)7-2-1-3-12-7/h1-5,9,12H,11H2. The molecule has 13 heavy (non-hydrogen) atoms. The average molecular weight is 213 g/mol. The van der Waals surface area contributed by atoms with Crippen LogP contribution in [0.3, 0.4) is 0 Å². The summed E-state index contributed by atoms with van der Waals surface area (Å²) in [5.74, 6) is 0. The average Bonchev–Trinajstić information content (AvgIpc) is 2.72. The van der Waals surface area contributed by atoms with Gasteiger partial charge in [0.1, 0.15) is 0 Å². The number of rotatable bonds is 2. The van der Waals surface area contributed by atoms with Crippen molar-refractivity contribution in [3.8, 4) is 0 Å². The van der Waals surface area contributed by atoms with E-state index in [-0.39, 0.29) is 6.04 Å². The normalized spacial score (nSPS) is 13.1. The zero-order valence-corrected chi connectivity index (χ0v) is 8.40. The molecule has 2 rings (SSSR count). The molecule has 2 heterocycles. The van der Waals surface area contributed by atoms with E-state index < -0.39 is 0 Å². The van der Waals surface area contributed by atoms with Gasteiger partial charge in [0.05, 0.1) is 10.4 Å². The van der Waals surface area contributed by atoms with Crippen molar-refractivity contribution in [2.24, 2.45) is 5.73 Å². The van der Waals surface area contributed by atoms with Crippen LogP contribution in [-0.4, -0.2) is 4.98 Å². The molecule has 2 nitrogen and oxygen atoms in total. The molecule has 3 N–H and O–H groups in total. The molecule has 0 amide bonds. The molecule has 0 bridgehead atoms. The van der Waals surface area contributed by atoms with E-state index in [9.17, 15) is 0 Å². The Morgan fingerprint density at radius 2 is 2.38 bits per heavy atom. The van der Waals surface area contributed by atoms with Gasteiger partial charge in [-0.15, -0.1) is 11.3 Å². The molecular formula is C9H9ClN2S. The fraction of sp³-hybridized carbons (Fsp3) is 0.111. The van der Waals surface area contributed by atoms with Crippen LogP contribution in [0, 0.1) is 0 Å². The predicted molar refractivity (Wildman–Crippen MR) is 56.2 cm³/mol. The second-order valence-corrected chi connectivity index (χ2v) is 4.33. The van der Waals surface area contributed by atoms with Gasteiger partial charge in [-0.05, 0) is 29.1 Å². The number of aromatic nitrogens is 1. The van der Waals surface area contributed by atoms with Gasteiger partial charge in [-0.3, -0.25) is 0 Å². The van der Waals surface area contributed by atoms with Gasteiger partial charge in [-0.25, -0.2) is 0 Å². The maximum absolute atomic E-state index is 5.99. The van der Waals surface area contributed by atoms with Crippen LogP contribution in [0.1, 0.15) is 17.3 Å². The minimum absolute atomic E-state index is 0.0984. The predicted octanol–water partition coefficient (Wildman–Crippen LogP) is 2.78. The van der Waals surface area contributed by atoms with Gasteiger partial charge in [0.2, 0.25) is 0 Å². The Labute approximate surface area is 85.3 Å². The van der Waals surface area contributed by atoms with E-state index in [1.54, 1.807) is 0 Å². The van der Waals surface area contributed by atoms with E-state index in [4.69, 9.17) is 17.3 Å². The largest absolute Gasteiger partial charge is 0.363 e. The van der Waals surface area contributed by atoms with Crippen LogP contribution >= 0.6 is 22.9 Å². The van der Waals surface area contributed by atoms with E-state index in [1.165, 1.54) is 11.3 Å². The van der Waals surface area contributed by atoms with Crippen LogP contribution in [0.2, 0.25) is 4.34 Å². The first-order valence-corrected chi connectivity index (χ1v) is 5.16. The maximum atomic E-state index is 5.99. The van der Waals surface area contributed by atoms with E-state index in [0.717, 1.165) is 15.6 Å². The molecule has 0 saturated heterocycles. The van der Waals surface area contributed by atoms with E-state index >= 15 is 0 Å². The van der Waals surface area contributed by atoms with Gasteiger partial charge in [-0.1, -0.05) is 11.6 Å². The first kappa shape index (κ1) is 8.81. The summed E-state index contributed by atoms with van der Waals surface area (Å²) in [6.45, 7) is 0. The molecule has 4 heteroatoms. The van der Waals surface area contributed by atoms with Gasteiger partial charge in [-0.2, -0.15) is 0 Å². The monoisotopic (exact) mass is 212 g/mol. The zero-order valence-electron chi connectivity index (χ0n) is 6.83. The van der Waals surface area contributed by atoms with Crippen molar-refractivity contribution in [1.82, 2.24) is 4.98 Å². The van der Waals surface area contributed by atoms with Crippen molar-refractivity contribution >= 4 is 22.9 Å². The third kappa shape index (κ3) is 1.77. The van der Waals surface area contributed by atoms with Crippen LogP contribution in [0.15, 0.2) is 29.8 Å². The molecule has 68 valence electrons. The highest BCUT2D eigenvalue weighted by atomic mass is 35.5. The second kappa shape index (κ2) is 3.54. The Hall–Kier alpha value is -0.770. The number of hydrogen-bond donors (Lipinski definition) is 2. The highest BCUT2D eigenvalue weighted by Gasteiger charge is 2.10. The van der Waals surface area contributed by atoms with E-state index in [0.29, 0.717) is 0 Å². The third-order valence-electron chi connectivity index (χ3n) is 1.90. The van der Waals surface area contributed by atoms with Crippen molar-refractivity contribution in [3.63, 3.8) is 0 Å². The fourth-order valence-corrected chi connectivity index (χ4v) is 2.13. The fourth-order valence-electron chi connectivity index (χ4n) is 1.20. The Morgan fingerprint density at radius 1 is 1.54 bits per heavy atom. The Morgan fingerprint density at radius 3 is 2.92 bits per heavy atom. The minimum atomic E-state index is -0.0984. The first-order valence-electron chi connectivity index (χ1n) is 3.90. The van der Waals surface area contributed by atoms with Crippen molar-refractivity contribution in [3.05, 3.63) is 45.4 Å². The smallest absolute Gasteiger partial charge is 0.0931 e. The Bertz CT molecular complexity index is 380. The number of H-pyrrole nitrogens is 1. The zero-order chi connectivity index (χ0) is 9.26. The summed E-state index contributed by atoms with van der Waals surface area (Å²) in [6, 6.07) is 5.70. The SMILES string of the molecule is NC(c1csc(Cl)c1)c1ccc[nH]1. The van der Waals surface area contributed by atoms with E-state index in [1.807, 2.05) is 29.8 Å². The highest BCUT2D eigenvalue weighted by molar-refractivity contribution is 7.14. The first-order chi connectivity index (χ1) is 6.27. The van der Waals surface area contributed by atoms with Crippen molar-refractivity contribution in [2.45, 2.75) is 6.04 Å². The van der Waals surface area contributed by atoms with Crippen LogP contribution in [-0.2, 0) is 0 Å². The summed E-state index contributed by atoms with van der Waals surface area (Å²) in [5, 5.41) is 1.98. The molecule has 0 aliphatic rings. The van der Waals surface area contributed by atoms with Crippen LogP contribution in [0.25, 0.3) is 0 Å². The lowest BCUT2D eigenvalue weighted by atomic mass is 10.1. The molecule has 0 aliphatic carbocycles. The second-order valence-electron chi connectivity index (χ2n) is 2.79. The summed E-state index contributed by atoms with van der Waals surface area (Å²) in [7, 11) is 0. The number of nitrogens with two attached hydrogens (primary N) is 1. The number of thiophene rings is 1. The van der Waals surface area contributed by atoms with Gasteiger partial charge in [0.15, 0.2) is 0 Å². The van der Waals surface area contributed by atoms with Gasteiger partial charge in [0.25, 0.3) is 0 Å². The lowest BCUT2D eigenvalue weighted by molar-refractivity contribution is 0.843. The molecular weight excluding hydrogens is 204 g/mol. The van der Waals surface area contributed by atoms with Crippen molar-refractivity contribution in [1.29, 1.82) is 0 Å². The number of nitrogens with one attached hydrogen (secondary N) is 1. The summed E-state index contributed by atoms with van der Waals surface area (Å²) in [5.41, 5.74) is 8.05. The number of hydrogen-bond acceptors (Lipinski definition) is 2. The molecule has 0 aliphatic heterocycles. The molecule has 1 unspecified atom stereocenters. The van der Waals surface area contributed by atoms with Crippen LogP contribution in [0.4, 0.5) is 0 Å². The van der Waals surface area contributed by atoms with Gasteiger partial charge >= 0.3 is 0 Å². The summed E-state index contributed by atoms with van der Waals surface area (Å²) >= 11 is 7.32. The lowest BCUT2D eigenvalue weighted by Crippen LogP contribution is -2.10. The molecule has 0 fully saturated rings. The third-order valence-corrected chi connectivity index (χ3v) is 3.01. The maximum Gasteiger partial charge on any atom is 0.0931 e. The lowest BCUT2D eigenvalue weighted by Gasteiger charge is -2.06. The Balaban J connectivity index is 2.28. The molecule has 2 aromatic rings. The summed E-state index contributed by atoms with van der Waals surface area (Å²) in [6.07, 6.45) is 1.86. The molecule has 0 saturated carbocycles. The quantitative estimate of drug-likeness (QED) is 0.790. The molecule has 0 radical (unpaired) electrons. The molecule has 2 aromatic heterocycles. The number of halogens is 1. The highest BCUT2D eigenvalue weighted by Crippen LogP contribution is 2.26. The summed E-state index contributed by atoms with van der Waals surface area (Å²) in [4.78, 5) is 3.08. The molecule has 0 aromatic carbocycles. The Kier molecular flexibility index (Phi) is 2.40. The van der Waals surface area contributed by atoms with E-state index in [2.05, 4.69) is 4.98 Å². The molecule has 0 spiro atoms.